The first-order chi connectivity index (χ1) is 8.02. The summed E-state index contributed by atoms with van der Waals surface area (Å²) >= 11 is 0. The minimum atomic E-state index is -0.799. The van der Waals surface area contributed by atoms with Crippen molar-refractivity contribution in [3.63, 3.8) is 0 Å². The molecule has 1 saturated carbocycles. The number of carbonyl (C=O) groups excluding carboxylic acids is 1. The molecule has 1 rings (SSSR count). The van der Waals surface area contributed by atoms with Gasteiger partial charge >= 0.3 is 5.97 Å². The molecule has 1 aliphatic carbocycles. The van der Waals surface area contributed by atoms with Crippen molar-refractivity contribution in [1.29, 1.82) is 0 Å². The maximum atomic E-state index is 12.0. The largest absolute Gasteiger partial charge is 0.481 e. The third-order valence-corrected chi connectivity index (χ3v) is 3.78. The second-order valence-corrected chi connectivity index (χ2v) is 5.14. The smallest absolute Gasteiger partial charge is 0.310 e. The quantitative estimate of drug-likeness (QED) is 0.776. The summed E-state index contributed by atoms with van der Waals surface area (Å²) in [6.07, 6.45) is 5.34. The Labute approximate surface area is 103 Å². The minimum absolute atomic E-state index is 0.0252. The van der Waals surface area contributed by atoms with E-state index in [-0.39, 0.29) is 12.3 Å². The van der Waals surface area contributed by atoms with E-state index in [9.17, 15) is 14.7 Å². The van der Waals surface area contributed by atoms with Crippen molar-refractivity contribution >= 4 is 11.9 Å². The fraction of sp³-hybridized carbons (Fsp3) is 0.846. The lowest BCUT2D eigenvalue weighted by molar-refractivity contribution is -0.153. The maximum Gasteiger partial charge on any atom is 0.310 e. The molecule has 0 aromatic rings. The van der Waals surface area contributed by atoms with E-state index in [1.165, 1.54) is 0 Å². The number of rotatable bonds is 6. The van der Waals surface area contributed by atoms with E-state index in [0.717, 1.165) is 32.2 Å². The van der Waals surface area contributed by atoms with Gasteiger partial charge in [0.25, 0.3) is 0 Å². The molecule has 0 radical (unpaired) electrons. The number of carboxylic acids is 1. The number of hydrogen-bond donors (Lipinski definition) is 1. The molecule has 0 aromatic heterocycles. The highest BCUT2D eigenvalue weighted by Crippen LogP contribution is 2.41. The fourth-order valence-corrected chi connectivity index (χ4v) is 2.46. The molecule has 0 bridgehead atoms. The summed E-state index contributed by atoms with van der Waals surface area (Å²) in [6, 6.07) is 0. The van der Waals surface area contributed by atoms with E-state index in [1.54, 1.807) is 11.9 Å². The predicted octanol–water partition coefficient (Wildman–Crippen LogP) is 2.28. The fourth-order valence-electron chi connectivity index (χ4n) is 2.46. The predicted molar refractivity (Wildman–Crippen MR) is 65.7 cm³/mol. The Bertz CT molecular complexity index is 282. The van der Waals surface area contributed by atoms with Crippen LogP contribution in [0.25, 0.3) is 0 Å². The Kier molecular flexibility index (Phi) is 4.97. The molecule has 0 unspecified atom stereocenters. The Morgan fingerprint density at radius 1 is 1.29 bits per heavy atom. The van der Waals surface area contributed by atoms with Crippen molar-refractivity contribution < 1.29 is 14.7 Å². The van der Waals surface area contributed by atoms with Gasteiger partial charge in [-0.3, -0.25) is 9.59 Å². The van der Waals surface area contributed by atoms with Gasteiger partial charge in [-0.15, -0.1) is 0 Å². The van der Waals surface area contributed by atoms with Crippen LogP contribution in [0.2, 0.25) is 0 Å². The number of unbranched alkanes of at least 4 members (excludes halogenated alkanes) is 1. The van der Waals surface area contributed by atoms with Crippen molar-refractivity contribution in [2.24, 2.45) is 5.41 Å². The Hall–Kier alpha value is -1.06. The van der Waals surface area contributed by atoms with Crippen molar-refractivity contribution in [1.82, 2.24) is 4.90 Å². The van der Waals surface area contributed by atoms with Crippen LogP contribution < -0.4 is 0 Å². The second kappa shape index (κ2) is 6.03. The third-order valence-electron chi connectivity index (χ3n) is 3.78. The van der Waals surface area contributed by atoms with Gasteiger partial charge in [-0.1, -0.05) is 26.2 Å². The molecule has 0 spiro atoms. The van der Waals surface area contributed by atoms with Crippen LogP contribution in [0.5, 0.6) is 0 Å². The zero-order valence-corrected chi connectivity index (χ0v) is 10.9. The van der Waals surface area contributed by atoms with Gasteiger partial charge in [-0.2, -0.15) is 0 Å². The van der Waals surface area contributed by atoms with Gasteiger partial charge < -0.3 is 10.0 Å². The van der Waals surface area contributed by atoms with Gasteiger partial charge in [0.05, 0.1) is 5.41 Å². The van der Waals surface area contributed by atoms with Crippen LogP contribution in [0.3, 0.4) is 0 Å². The third kappa shape index (κ3) is 3.45. The molecule has 1 N–H and O–H groups in total. The standard InChI is InChI=1S/C13H23NO3/c1-3-4-9-14(2)11(15)10-13(12(16)17)7-5-6-8-13/h3-10H2,1-2H3,(H,16,17). The first kappa shape index (κ1) is 14.0. The molecule has 0 saturated heterocycles. The minimum Gasteiger partial charge on any atom is -0.481 e. The average Bonchev–Trinajstić information content (AvgIpc) is 2.75. The Morgan fingerprint density at radius 3 is 2.35 bits per heavy atom. The Balaban J connectivity index is 2.56. The normalized spacial score (nSPS) is 18.0. The average molecular weight is 241 g/mol. The zero-order chi connectivity index (χ0) is 12.9. The van der Waals surface area contributed by atoms with Gasteiger partial charge in [0.2, 0.25) is 5.91 Å². The number of carbonyl (C=O) groups is 2. The number of nitrogens with zero attached hydrogens (tertiary/aromatic N) is 1. The highest BCUT2D eigenvalue weighted by Gasteiger charge is 2.43. The molecule has 0 aliphatic heterocycles. The molecule has 4 nitrogen and oxygen atoms in total. The summed E-state index contributed by atoms with van der Waals surface area (Å²) in [4.78, 5) is 25.0. The molecular formula is C13H23NO3. The molecular weight excluding hydrogens is 218 g/mol. The molecule has 98 valence electrons. The van der Waals surface area contributed by atoms with E-state index in [0.29, 0.717) is 12.8 Å². The van der Waals surface area contributed by atoms with Crippen LogP contribution in [0.4, 0.5) is 0 Å². The monoisotopic (exact) mass is 241 g/mol. The van der Waals surface area contributed by atoms with Crippen LogP contribution in [0, 0.1) is 5.41 Å². The highest BCUT2D eigenvalue weighted by atomic mass is 16.4. The summed E-state index contributed by atoms with van der Waals surface area (Å²) in [5.74, 6) is -0.824. The second-order valence-electron chi connectivity index (χ2n) is 5.14. The van der Waals surface area contributed by atoms with Gasteiger partial charge in [0, 0.05) is 20.0 Å². The molecule has 17 heavy (non-hydrogen) atoms. The summed E-state index contributed by atoms with van der Waals surface area (Å²) < 4.78 is 0. The number of hydrogen-bond acceptors (Lipinski definition) is 2. The molecule has 1 amide bonds. The number of aliphatic carboxylic acids is 1. The van der Waals surface area contributed by atoms with Gasteiger partial charge in [0.15, 0.2) is 0 Å². The topological polar surface area (TPSA) is 57.6 Å². The van der Waals surface area contributed by atoms with Crippen LogP contribution in [-0.2, 0) is 9.59 Å². The van der Waals surface area contributed by atoms with E-state index in [1.807, 2.05) is 0 Å². The number of carboxylic acid groups (broad SMARTS) is 1. The molecule has 0 atom stereocenters. The van der Waals surface area contributed by atoms with Crippen LogP contribution in [0.1, 0.15) is 51.9 Å². The lowest BCUT2D eigenvalue weighted by Gasteiger charge is -2.26. The van der Waals surface area contributed by atoms with E-state index < -0.39 is 11.4 Å². The molecule has 0 heterocycles. The molecule has 0 aromatic carbocycles. The van der Waals surface area contributed by atoms with Gasteiger partial charge in [0.1, 0.15) is 0 Å². The van der Waals surface area contributed by atoms with Crippen LogP contribution in [0.15, 0.2) is 0 Å². The van der Waals surface area contributed by atoms with Crippen molar-refractivity contribution in [3.05, 3.63) is 0 Å². The zero-order valence-electron chi connectivity index (χ0n) is 10.9. The summed E-state index contributed by atoms with van der Waals surface area (Å²) in [5.41, 5.74) is -0.780. The lowest BCUT2D eigenvalue weighted by atomic mass is 9.82. The number of amides is 1. The highest BCUT2D eigenvalue weighted by molar-refractivity contribution is 5.85. The first-order valence-corrected chi connectivity index (χ1v) is 6.49. The van der Waals surface area contributed by atoms with Gasteiger partial charge in [-0.25, -0.2) is 0 Å². The van der Waals surface area contributed by atoms with Crippen molar-refractivity contribution in [3.8, 4) is 0 Å². The van der Waals surface area contributed by atoms with Crippen molar-refractivity contribution in [2.75, 3.05) is 13.6 Å². The SMILES string of the molecule is CCCCN(C)C(=O)CC1(C(=O)O)CCCC1. The van der Waals surface area contributed by atoms with E-state index >= 15 is 0 Å². The summed E-state index contributed by atoms with van der Waals surface area (Å²) in [7, 11) is 1.77. The summed E-state index contributed by atoms with van der Waals surface area (Å²) in [6.45, 7) is 2.80. The summed E-state index contributed by atoms with van der Waals surface area (Å²) in [5, 5.41) is 9.30. The molecule has 4 heteroatoms. The van der Waals surface area contributed by atoms with Crippen LogP contribution in [-0.4, -0.2) is 35.5 Å². The lowest BCUT2D eigenvalue weighted by Crippen LogP contribution is -2.37. The molecule has 1 aliphatic rings. The molecule has 1 fully saturated rings. The van der Waals surface area contributed by atoms with Crippen LogP contribution >= 0.6 is 0 Å². The Morgan fingerprint density at radius 2 is 1.88 bits per heavy atom. The first-order valence-electron chi connectivity index (χ1n) is 6.49. The van der Waals surface area contributed by atoms with E-state index in [2.05, 4.69) is 6.92 Å². The van der Waals surface area contributed by atoms with Gasteiger partial charge in [-0.05, 0) is 19.3 Å². The van der Waals surface area contributed by atoms with E-state index in [4.69, 9.17) is 0 Å². The van der Waals surface area contributed by atoms with Crippen molar-refractivity contribution in [2.45, 2.75) is 51.9 Å². The maximum absolute atomic E-state index is 12.0.